The van der Waals surface area contributed by atoms with Gasteiger partial charge in [0.25, 0.3) is 0 Å². The van der Waals surface area contributed by atoms with Crippen molar-refractivity contribution in [3.8, 4) is 0 Å². The monoisotopic (exact) mass is 636 g/mol. The SMILES string of the molecule is O=S(=O)([O-])c1cc(I)ccc1/C=C/c1ccc(I)cc1S(=O)(=O)[O-].[Na+].[Na+]. The number of benzene rings is 2. The van der Waals surface area contributed by atoms with Crippen LogP contribution in [0.2, 0.25) is 0 Å². The van der Waals surface area contributed by atoms with Crippen LogP contribution in [-0.2, 0) is 20.2 Å². The van der Waals surface area contributed by atoms with Crippen molar-refractivity contribution in [2.45, 2.75) is 9.79 Å². The standard InChI is InChI=1S/C14H10I2O6S2.2Na/c15-11-5-3-9(13(7-11)23(17,18)19)1-2-10-4-6-12(16)8-14(10)24(20,21)22;;/h1-8H,(H,17,18,19)(H,20,21,22);;/q;2*+1/p-2/b2-1+;;. The minimum Gasteiger partial charge on any atom is -0.744 e. The van der Waals surface area contributed by atoms with Gasteiger partial charge in [0, 0.05) is 7.14 Å². The van der Waals surface area contributed by atoms with Crippen molar-refractivity contribution in [1.29, 1.82) is 0 Å². The molecule has 2 rings (SSSR count). The molecule has 0 aliphatic rings. The zero-order valence-corrected chi connectivity index (χ0v) is 23.6. The molecule has 0 aliphatic carbocycles. The number of hydrogen-bond acceptors (Lipinski definition) is 6. The summed E-state index contributed by atoms with van der Waals surface area (Å²) in [5, 5.41) is 0. The van der Waals surface area contributed by atoms with E-state index in [9.17, 15) is 25.9 Å². The van der Waals surface area contributed by atoms with Gasteiger partial charge in [-0.25, -0.2) is 16.8 Å². The molecule has 0 aliphatic heterocycles. The summed E-state index contributed by atoms with van der Waals surface area (Å²) >= 11 is 3.75. The summed E-state index contributed by atoms with van der Waals surface area (Å²) in [4.78, 5) is -0.828. The molecule has 26 heavy (non-hydrogen) atoms. The van der Waals surface area contributed by atoms with Crippen LogP contribution in [0.5, 0.6) is 0 Å². The van der Waals surface area contributed by atoms with E-state index in [1.807, 2.05) is 45.2 Å². The second kappa shape index (κ2) is 11.0. The minimum atomic E-state index is -4.69. The first kappa shape index (κ1) is 27.5. The first-order valence-corrected chi connectivity index (χ1v) is 11.1. The fraction of sp³-hybridized carbons (Fsp3) is 0. The summed E-state index contributed by atoms with van der Waals surface area (Å²) < 4.78 is 69.2. The minimum absolute atomic E-state index is 0. The van der Waals surface area contributed by atoms with Gasteiger partial charge < -0.3 is 9.11 Å². The smallest absolute Gasteiger partial charge is 0.744 e. The molecule has 0 heterocycles. The molecule has 0 spiro atoms. The number of hydrogen-bond donors (Lipinski definition) is 0. The Labute approximate surface area is 223 Å². The fourth-order valence-electron chi connectivity index (χ4n) is 1.90. The molecule has 6 nitrogen and oxygen atoms in total. The maximum absolute atomic E-state index is 11.3. The molecule has 0 aromatic heterocycles. The predicted octanol–water partition coefficient (Wildman–Crippen LogP) is -3.12. The van der Waals surface area contributed by atoms with E-state index in [1.165, 1.54) is 36.4 Å². The normalized spacial score (nSPS) is 11.7. The van der Waals surface area contributed by atoms with Crippen molar-refractivity contribution >= 4 is 77.6 Å². The molecule has 12 heteroatoms. The van der Waals surface area contributed by atoms with Crippen molar-refractivity contribution in [2.24, 2.45) is 0 Å². The Morgan fingerprint density at radius 2 is 1.00 bits per heavy atom. The summed E-state index contributed by atoms with van der Waals surface area (Å²) in [5.74, 6) is 0. The second-order valence-electron chi connectivity index (χ2n) is 4.61. The molecule has 128 valence electrons. The molecular weight excluding hydrogens is 628 g/mol. The molecule has 0 N–H and O–H groups in total. The van der Waals surface area contributed by atoms with E-state index >= 15 is 0 Å². The summed E-state index contributed by atoms with van der Waals surface area (Å²) in [6.45, 7) is 0. The third-order valence-corrected chi connectivity index (χ3v) is 6.06. The van der Waals surface area contributed by atoms with E-state index in [-0.39, 0.29) is 70.2 Å². The van der Waals surface area contributed by atoms with Crippen molar-refractivity contribution in [3.05, 3.63) is 54.7 Å². The van der Waals surface area contributed by atoms with Gasteiger partial charge >= 0.3 is 59.1 Å². The van der Waals surface area contributed by atoms with Crippen molar-refractivity contribution < 1.29 is 85.1 Å². The van der Waals surface area contributed by atoms with Crippen LogP contribution in [-0.4, -0.2) is 25.9 Å². The van der Waals surface area contributed by atoms with Gasteiger partial charge in [-0.05, 0) is 80.6 Å². The van der Waals surface area contributed by atoms with E-state index in [2.05, 4.69) is 0 Å². The van der Waals surface area contributed by atoms with Crippen LogP contribution in [0.15, 0.2) is 46.2 Å². The van der Waals surface area contributed by atoms with Crippen LogP contribution >= 0.6 is 45.2 Å². The van der Waals surface area contributed by atoms with Gasteiger partial charge in [0.05, 0.1) is 9.79 Å². The molecule has 0 saturated heterocycles. The molecular formula is C14H8I2Na2O6S2. The Bertz CT molecular complexity index is 954. The van der Waals surface area contributed by atoms with Crippen LogP contribution < -0.4 is 59.1 Å². The predicted molar refractivity (Wildman–Crippen MR) is 103 cm³/mol. The van der Waals surface area contributed by atoms with E-state index in [0.29, 0.717) is 7.14 Å². The molecule has 0 saturated carbocycles. The Kier molecular flexibility index (Phi) is 11.6. The van der Waals surface area contributed by atoms with Gasteiger partial charge in [-0.2, -0.15) is 0 Å². The molecule has 2 aromatic rings. The second-order valence-corrected chi connectivity index (χ2v) is 9.79. The maximum atomic E-state index is 11.3. The zero-order valence-electron chi connectivity index (χ0n) is 13.6. The van der Waals surface area contributed by atoms with E-state index < -0.39 is 30.0 Å². The maximum Gasteiger partial charge on any atom is 1.00 e. The van der Waals surface area contributed by atoms with Crippen LogP contribution in [0.3, 0.4) is 0 Å². The molecule has 0 bridgehead atoms. The van der Waals surface area contributed by atoms with Crippen LogP contribution in [0.25, 0.3) is 12.2 Å². The van der Waals surface area contributed by atoms with E-state index in [0.717, 1.165) is 0 Å². The Balaban J connectivity index is 0.00000312. The first-order chi connectivity index (χ1) is 11.0. The summed E-state index contributed by atoms with van der Waals surface area (Å²) in [7, 11) is -9.39. The van der Waals surface area contributed by atoms with Gasteiger partial charge in [-0.15, -0.1) is 0 Å². The van der Waals surface area contributed by atoms with Crippen molar-refractivity contribution in [3.63, 3.8) is 0 Å². The van der Waals surface area contributed by atoms with E-state index in [1.54, 1.807) is 12.1 Å². The molecule has 0 fully saturated rings. The fourth-order valence-corrected chi connectivity index (χ4v) is 4.70. The van der Waals surface area contributed by atoms with Crippen LogP contribution in [0, 0.1) is 7.14 Å². The number of halogens is 2. The quantitative estimate of drug-likeness (QED) is 0.152. The zero-order chi connectivity index (χ0) is 18.1. The number of rotatable bonds is 4. The van der Waals surface area contributed by atoms with Gasteiger partial charge in [-0.1, -0.05) is 24.3 Å². The Hall–Kier alpha value is 1.46. The van der Waals surface area contributed by atoms with Crippen LogP contribution in [0.4, 0.5) is 0 Å². The summed E-state index contributed by atoms with van der Waals surface area (Å²) in [6.07, 6.45) is 2.58. The molecule has 2 aromatic carbocycles. The molecule has 0 unspecified atom stereocenters. The molecule has 0 atom stereocenters. The third kappa shape index (κ3) is 7.71. The average molecular weight is 636 g/mol. The van der Waals surface area contributed by atoms with Gasteiger partial charge in [0.2, 0.25) is 0 Å². The summed E-state index contributed by atoms with van der Waals surface area (Å²) in [5.41, 5.74) is 0.219. The Morgan fingerprint density at radius 1 is 0.692 bits per heavy atom. The van der Waals surface area contributed by atoms with Crippen molar-refractivity contribution in [2.75, 3.05) is 0 Å². The van der Waals surface area contributed by atoms with Gasteiger partial charge in [0.1, 0.15) is 20.2 Å². The van der Waals surface area contributed by atoms with Gasteiger partial charge in [0.15, 0.2) is 0 Å². The average Bonchev–Trinajstić information content (AvgIpc) is 2.45. The van der Waals surface area contributed by atoms with Crippen LogP contribution in [0.1, 0.15) is 11.1 Å². The first-order valence-electron chi connectivity index (χ1n) is 6.17. The topological polar surface area (TPSA) is 114 Å². The van der Waals surface area contributed by atoms with Crippen molar-refractivity contribution in [1.82, 2.24) is 0 Å². The van der Waals surface area contributed by atoms with E-state index in [4.69, 9.17) is 0 Å². The molecule has 0 radical (unpaired) electrons. The third-order valence-electron chi connectivity index (χ3n) is 2.93. The summed E-state index contributed by atoms with van der Waals surface area (Å²) in [6, 6.07) is 8.52. The molecule has 0 amide bonds. The largest absolute Gasteiger partial charge is 1.00 e. The Morgan fingerprint density at radius 3 is 1.27 bits per heavy atom. The van der Waals surface area contributed by atoms with Gasteiger partial charge in [-0.3, -0.25) is 0 Å².